The number of aliphatic hydroxyl groups is 1. The van der Waals surface area contributed by atoms with E-state index in [4.69, 9.17) is 14.2 Å². The molecule has 0 aromatic carbocycles. The molecule has 2 atom stereocenters. The number of quaternary nitrogens is 1. The second-order valence-corrected chi connectivity index (χ2v) is 11.3. The van der Waals surface area contributed by atoms with Gasteiger partial charge in [-0.3, -0.25) is 4.79 Å². The average molecular weight is 532 g/mol. The van der Waals surface area contributed by atoms with Gasteiger partial charge in [0.25, 0.3) is 0 Å². The van der Waals surface area contributed by atoms with Gasteiger partial charge in [0, 0.05) is 6.42 Å². The molecular formula is C29H57NO7. The van der Waals surface area contributed by atoms with Crippen LogP contribution < -0.4 is 5.11 Å². The summed E-state index contributed by atoms with van der Waals surface area (Å²) < 4.78 is 15.9. The number of likely N-dealkylation sites (N-methyl/N-ethyl adjacent to an activating group) is 1. The molecule has 0 fully saturated rings. The van der Waals surface area contributed by atoms with Crippen molar-refractivity contribution >= 4 is 11.9 Å². The van der Waals surface area contributed by atoms with Crippen LogP contribution in [0.3, 0.4) is 0 Å². The van der Waals surface area contributed by atoms with Crippen molar-refractivity contribution in [3.63, 3.8) is 0 Å². The van der Waals surface area contributed by atoms with Gasteiger partial charge < -0.3 is 33.7 Å². The molecule has 0 aromatic heterocycles. The van der Waals surface area contributed by atoms with Crippen molar-refractivity contribution in [2.24, 2.45) is 0 Å². The van der Waals surface area contributed by atoms with Crippen molar-refractivity contribution in [1.29, 1.82) is 0 Å². The third kappa shape index (κ3) is 26.2. The molecule has 0 aliphatic carbocycles. The molecule has 0 saturated heterocycles. The van der Waals surface area contributed by atoms with Gasteiger partial charge in [-0.1, -0.05) is 103 Å². The molecule has 0 heterocycles. The Morgan fingerprint density at radius 1 is 0.730 bits per heavy atom. The maximum absolute atomic E-state index is 11.9. The molecule has 37 heavy (non-hydrogen) atoms. The van der Waals surface area contributed by atoms with E-state index in [0.29, 0.717) is 17.4 Å². The summed E-state index contributed by atoms with van der Waals surface area (Å²) in [5.74, 6) is -1.87. The summed E-state index contributed by atoms with van der Waals surface area (Å²) in [5, 5.41) is 21.0. The highest BCUT2D eigenvalue weighted by atomic mass is 16.7. The Morgan fingerprint density at radius 2 is 1.19 bits per heavy atom. The van der Waals surface area contributed by atoms with E-state index in [0.717, 1.165) is 19.3 Å². The number of aliphatic hydroxyl groups excluding tert-OH is 1. The number of aliphatic carboxylic acids is 1. The van der Waals surface area contributed by atoms with Gasteiger partial charge in [-0.05, 0) is 6.42 Å². The van der Waals surface area contributed by atoms with E-state index in [9.17, 15) is 19.8 Å². The summed E-state index contributed by atoms with van der Waals surface area (Å²) in [5.41, 5.74) is 0. The fraction of sp³-hybridized carbons (Fsp3) is 0.931. The van der Waals surface area contributed by atoms with Gasteiger partial charge in [-0.15, -0.1) is 0 Å². The number of carbonyl (C=O) groups excluding carboxylic acids is 2. The number of carboxylic acids is 1. The highest BCUT2D eigenvalue weighted by Crippen LogP contribution is 2.14. The molecule has 2 unspecified atom stereocenters. The molecule has 220 valence electrons. The molecule has 0 saturated carbocycles. The molecule has 0 aliphatic rings. The van der Waals surface area contributed by atoms with Crippen molar-refractivity contribution in [3.05, 3.63) is 0 Å². The van der Waals surface area contributed by atoms with Gasteiger partial charge >= 0.3 is 5.97 Å². The summed E-state index contributed by atoms with van der Waals surface area (Å²) in [7, 11) is 5.86. The number of nitrogens with zero attached hydrogens (tertiary/aromatic N) is 1. The lowest BCUT2D eigenvalue weighted by atomic mass is 10.0. The lowest BCUT2D eigenvalue weighted by Crippen LogP contribution is -2.44. The van der Waals surface area contributed by atoms with Crippen molar-refractivity contribution in [2.45, 2.75) is 128 Å². The van der Waals surface area contributed by atoms with Crippen molar-refractivity contribution in [2.75, 3.05) is 47.5 Å². The number of hydrogen-bond donors (Lipinski definition) is 1. The standard InChI is InChI=1S/C29H57NO7/c1-5-6-7-8-9-10-11-12-13-14-15-16-17-18-19-20-21-27(32)36-24-26(31)25-37-29(28(33)34)35-23-22-30(2,3)4/h26,29,31H,5-25H2,1-4H3. The molecule has 8 heteroatoms. The van der Waals surface area contributed by atoms with Crippen LogP contribution in [-0.4, -0.2) is 81.4 Å². The van der Waals surface area contributed by atoms with E-state index in [2.05, 4.69) is 6.92 Å². The molecule has 0 aliphatic heterocycles. The number of carbonyl (C=O) groups is 2. The van der Waals surface area contributed by atoms with E-state index in [-0.39, 0.29) is 25.8 Å². The van der Waals surface area contributed by atoms with Crippen molar-refractivity contribution in [3.8, 4) is 0 Å². The number of hydrogen-bond acceptors (Lipinski definition) is 7. The van der Waals surface area contributed by atoms with Crippen LogP contribution in [0.4, 0.5) is 0 Å². The number of rotatable bonds is 27. The summed E-state index contributed by atoms with van der Waals surface area (Å²) in [4.78, 5) is 23.0. The van der Waals surface area contributed by atoms with Gasteiger partial charge in [-0.2, -0.15) is 0 Å². The SMILES string of the molecule is CCCCCCCCCCCCCCCCCCC(=O)OCC(O)COC(OCC[N+](C)(C)C)C(=O)[O-]. The van der Waals surface area contributed by atoms with Gasteiger partial charge in [0.05, 0.1) is 40.3 Å². The smallest absolute Gasteiger partial charge is 0.305 e. The first kappa shape index (κ1) is 35.8. The summed E-state index contributed by atoms with van der Waals surface area (Å²) in [6, 6.07) is 0. The second kappa shape index (κ2) is 23.9. The van der Waals surface area contributed by atoms with Crippen molar-refractivity contribution < 1.29 is 38.5 Å². The predicted octanol–water partition coefficient (Wildman–Crippen LogP) is 4.36. The monoisotopic (exact) mass is 531 g/mol. The highest BCUT2D eigenvalue weighted by molar-refractivity contribution is 5.69. The average Bonchev–Trinajstić information content (AvgIpc) is 2.83. The van der Waals surface area contributed by atoms with Crippen LogP contribution in [0.15, 0.2) is 0 Å². The summed E-state index contributed by atoms with van der Waals surface area (Å²) in [6.45, 7) is 2.46. The van der Waals surface area contributed by atoms with Crippen LogP contribution in [-0.2, 0) is 23.8 Å². The number of ether oxygens (including phenoxy) is 3. The third-order valence-corrected chi connectivity index (χ3v) is 6.33. The topological polar surface area (TPSA) is 105 Å². The minimum atomic E-state index is -1.57. The van der Waals surface area contributed by atoms with Crippen LogP contribution in [0.1, 0.15) is 116 Å². The molecule has 0 rings (SSSR count). The lowest BCUT2D eigenvalue weighted by Gasteiger charge is -2.26. The van der Waals surface area contributed by atoms with Crippen LogP contribution in [0, 0.1) is 0 Å². The highest BCUT2D eigenvalue weighted by Gasteiger charge is 2.17. The maximum atomic E-state index is 11.9. The largest absolute Gasteiger partial charge is 0.545 e. The van der Waals surface area contributed by atoms with Gasteiger partial charge in [0.1, 0.15) is 19.3 Å². The number of unbranched alkanes of at least 4 members (excludes halogenated alkanes) is 15. The first-order valence-electron chi connectivity index (χ1n) is 14.7. The predicted molar refractivity (Wildman–Crippen MR) is 145 cm³/mol. The zero-order valence-corrected chi connectivity index (χ0v) is 24.3. The summed E-state index contributed by atoms with van der Waals surface area (Å²) in [6.07, 6.45) is 18.1. The Labute approximate surface area is 226 Å². The Hall–Kier alpha value is -1.22. The van der Waals surface area contributed by atoms with E-state index in [1.165, 1.54) is 83.5 Å². The number of esters is 1. The Kier molecular flexibility index (Phi) is 23.1. The normalized spacial score (nSPS) is 13.4. The Balaban J connectivity index is 3.58. The van der Waals surface area contributed by atoms with Crippen LogP contribution in [0.25, 0.3) is 0 Å². The van der Waals surface area contributed by atoms with E-state index in [1.807, 2.05) is 21.1 Å². The molecule has 1 N–H and O–H groups in total. The van der Waals surface area contributed by atoms with Gasteiger partial charge in [-0.25, -0.2) is 0 Å². The fourth-order valence-corrected chi connectivity index (χ4v) is 3.94. The molecule has 0 radical (unpaired) electrons. The van der Waals surface area contributed by atoms with E-state index >= 15 is 0 Å². The summed E-state index contributed by atoms with van der Waals surface area (Å²) >= 11 is 0. The molecule has 0 amide bonds. The quantitative estimate of drug-likeness (QED) is 0.0727. The zero-order chi connectivity index (χ0) is 27.8. The molecule has 0 spiro atoms. The molecular weight excluding hydrogens is 474 g/mol. The molecule has 0 bridgehead atoms. The van der Waals surface area contributed by atoms with E-state index in [1.54, 1.807) is 0 Å². The minimum absolute atomic E-state index is 0.173. The maximum Gasteiger partial charge on any atom is 0.305 e. The van der Waals surface area contributed by atoms with Crippen LogP contribution in [0.5, 0.6) is 0 Å². The fourth-order valence-electron chi connectivity index (χ4n) is 3.94. The lowest BCUT2D eigenvalue weighted by molar-refractivity contribution is -0.870. The second-order valence-electron chi connectivity index (χ2n) is 11.3. The number of carboxylic acid groups (broad SMARTS) is 1. The van der Waals surface area contributed by atoms with Crippen molar-refractivity contribution in [1.82, 2.24) is 0 Å². The van der Waals surface area contributed by atoms with Gasteiger partial charge in [0.15, 0.2) is 6.29 Å². The molecule has 0 aromatic rings. The van der Waals surface area contributed by atoms with Gasteiger partial charge in [0.2, 0.25) is 0 Å². The first-order valence-corrected chi connectivity index (χ1v) is 14.7. The van der Waals surface area contributed by atoms with Crippen LogP contribution >= 0.6 is 0 Å². The Bertz CT molecular complexity index is 551. The third-order valence-electron chi connectivity index (χ3n) is 6.33. The minimum Gasteiger partial charge on any atom is -0.545 e. The first-order chi connectivity index (χ1) is 17.7. The Morgan fingerprint density at radius 3 is 1.62 bits per heavy atom. The van der Waals surface area contributed by atoms with E-state index < -0.39 is 18.4 Å². The molecule has 8 nitrogen and oxygen atoms in total. The zero-order valence-electron chi connectivity index (χ0n) is 24.3. The van der Waals surface area contributed by atoms with Crippen LogP contribution in [0.2, 0.25) is 0 Å².